The molecule has 0 unspecified atom stereocenters. The Labute approximate surface area is 91.9 Å². The molecule has 0 bridgehead atoms. The third kappa shape index (κ3) is 18.5. The van der Waals surface area contributed by atoms with Crippen molar-refractivity contribution < 1.29 is 35.9 Å². The van der Waals surface area contributed by atoms with E-state index in [0.29, 0.717) is 0 Å². The summed E-state index contributed by atoms with van der Waals surface area (Å²) in [4.78, 5) is 31.0. The van der Waals surface area contributed by atoms with E-state index in [1.165, 1.54) is 0 Å². The maximum atomic E-state index is 9.63. The van der Waals surface area contributed by atoms with Gasteiger partial charge >= 0.3 is 38.7 Å². The van der Waals surface area contributed by atoms with Crippen LogP contribution in [-0.2, 0) is 13.4 Å². The molecule has 4 N–H and O–H groups in total. The van der Waals surface area contributed by atoms with Crippen LogP contribution in [0.1, 0.15) is 2.85 Å². The summed E-state index contributed by atoms with van der Waals surface area (Å²) in [6.45, 7) is 0. The zero-order valence-electron chi connectivity index (χ0n) is 6.62. The minimum absolute atomic E-state index is 0. The number of hydrogen-bond acceptors (Lipinski definition) is 3. The fourth-order valence-electron chi connectivity index (χ4n) is 0.139. The van der Waals surface area contributed by atoms with Crippen LogP contribution in [0.3, 0.4) is 0 Å². The second kappa shape index (κ2) is 6.08. The quantitative estimate of drug-likeness (QED) is 0.317. The summed E-state index contributed by atoms with van der Waals surface area (Å²) in [5.74, 6) is 0. The molecule has 7 nitrogen and oxygen atoms in total. The molecule has 11 heavy (non-hydrogen) atoms. The normalized spacial score (nSPS) is 11.3. The van der Waals surface area contributed by atoms with Crippen molar-refractivity contribution in [3.05, 3.63) is 0 Å². The first-order valence-electron chi connectivity index (χ1n) is 1.53. The number of rotatable bonds is 2. The van der Waals surface area contributed by atoms with E-state index in [2.05, 4.69) is 4.31 Å². The molecule has 0 amide bonds. The molecule has 11 heteroatoms. The van der Waals surface area contributed by atoms with E-state index in [0.717, 1.165) is 0 Å². The number of hydrogen-bond donors (Lipinski definition) is 4. The minimum atomic E-state index is -5.05. The first-order chi connectivity index (χ1) is 3.71. The maximum Gasteiger partial charge on any atom is 2.00 e. The summed E-state index contributed by atoms with van der Waals surface area (Å²) in [6, 6.07) is 0. The Hall–Kier alpha value is 1.56. The van der Waals surface area contributed by atoms with Gasteiger partial charge in [0.15, 0.2) is 17.4 Å². The Kier molecular flexibility index (Phi) is 10.1. The van der Waals surface area contributed by atoms with Crippen LogP contribution in [0.25, 0.3) is 0 Å². The van der Waals surface area contributed by atoms with Crippen LogP contribution >= 0.6 is 15.6 Å². The largest absolute Gasteiger partial charge is 2.00 e. The molecular weight excluding hydrogens is 225 g/mol. The SMILES string of the molecule is O=P(O)(O)OP(=O)(O)O.[AlH3].[H-].[H-].[Mg+2]. The van der Waals surface area contributed by atoms with E-state index in [4.69, 9.17) is 19.6 Å². The Bertz CT molecular complexity index is 165. The van der Waals surface area contributed by atoms with E-state index in [1.807, 2.05) is 0 Å². The Balaban J connectivity index is -0.0000000533. The van der Waals surface area contributed by atoms with Crippen LogP contribution in [0.5, 0.6) is 0 Å². The molecular formula is H9AlMgO7P2. The minimum Gasteiger partial charge on any atom is -1.00 e. The van der Waals surface area contributed by atoms with Crippen molar-refractivity contribution in [2.75, 3.05) is 0 Å². The van der Waals surface area contributed by atoms with Crippen LogP contribution in [0.15, 0.2) is 0 Å². The molecule has 0 aromatic carbocycles. The molecule has 0 aliphatic heterocycles. The van der Waals surface area contributed by atoms with Gasteiger partial charge in [-0.2, -0.15) is 4.31 Å². The van der Waals surface area contributed by atoms with Crippen molar-refractivity contribution in [2.45, 2.75) is 0 Å². The fraction of sp³-hybridized carbons (Fsp3) is 0. The van der Waals surface area contributed by atoms with Crippen molar-refractivity contribution >= 4 is 56.1 Å². The molecule has 0 spiro atoms. The number of phosphoric acid groups is 2. The summed E-state index contributed by atoms with van der Waals surface area (Å²) in [5, 5.41) is 0. The van der Waals surface area contributed by atoms with Crippen LogP contribution in [-0.4, -0.2) is 60.0 Å². The van der Waals surface area contributed by atoms with Crippen molar-refractivity contribution in [3.8, 4) is 0 Å². The van der Waals surface area contributed by atoms with E-state index in [1.54, 1.807) is 0 Å². The molecule has 0 aliphatic rings. The zero-order chi connectivity index (χ0) is 7.71. The van der Waals surface area contributed by atoms with Gasteiger partial charge in [0.25, 0.3) is 0 Å². The smallest absolute Gasteiger partial charge is 1.00 e. The van der Waals surface area contributed by atoms with Gasteiger partial charge < -0.3 is 22.4 Å². The average Bonchev–Trinajstić information content (AvgIpc) is 1.14. The van der Waals surface area contributed by atoms with Gasteiger partial charge in [-0.15, -0.1) is 0 Å². The molecule has 0 aliphatic carbocycles. The Morgan fingerprint density at radius 1 is 1.00 bits per heavy atom. The van der Waals surface area contributed by atoms with Gasteiger partial charge in [0, 0.05) is 0 Å². The second-order valence-corrected chi connectivity index (χ2v) is 3.68. The monoisotopic (exact) mass is 234 g/mol. The van der Waals surface area contributed by atoms with E-state index < -0.39 is 15.6 Å². The molecule has 0 saturated heterocycles. The fourth-order valence-corrected chi connectivity index (χ4v) is 1.25. The van der Waals surface area contributed by atoms with Crippen LogP contribution in [0, 0.1) is 0 Å². The van der Waals surface area contributed by atoms with Gasteiger partial charge in [0.2, 0.25) is 0 Å². The molecule has 0 fully saturated rings. The molecule has 0 radical (unpaired) electrons. The third-order valence-electron chi connectivity index (χ3n) is 0.213. The third-order valence-corrected chi connectivity index (χ3v) is 1.91. The Morgan fingerprint density at radius 2 is 1.18 bits per heavy atom. The van der Waals surface area contributed by atoms with Gasteiger partial charge in [0.1, 0.15) is 0 Å². The van der Waals surface area contributed by atoms with Gasteiger partial charge in [-0.05, 0) is 0 Å². The molecule has 0 heterocycles. The van der Waals surface area contributed by atoms with E-state index in [9.17, 15) is 9.13 Å². The summed E-state index contributed by atoms with van der Waals surface area (Å²) < 4.78 is 22.2. The molecule has 0 saturated carbocycles. The summed E-state index contributed by atoms with van der Waals surface area (Å²) in [5.41, 5.74) is 0. The van der Waals surface area contributed by atoms with Gasteiger partial charge in [0.05, 0.1) is 0 Å². The molecule has 66 valence electrons. The first-order valence-corrected chi connectivity index (χ1v) is 4.59. The van der Waals surface area contributed by atoms with Crippen LogP contribution in [0.2, 0.25) is 0 Å². The van der Waals surface area contributed by atoms with Crippen molar-refractivity contribution in [1.29, 1.82) is 0 Å². The molecule has 0 rings (SSSR count). The van der Waals surface area contributed by atoms with Crippen molar-refractivity contribution in [1.82, 2.24) is 0 Å². The molecule has 0 aromatic rings. The summed E-state index contributed by atoms with van der Waals surface area (Å²) in [6.07, 6.45) is 0. The summed E-state index contributed by atoms with van der Waals surface area (Å²) in [7, 11) is -10.1. The van der Waals surface area contributed by atoms with Gasteiger partial charge in [-0.1, -0.05) is 0 Å². The summed E-state index contributed by atoms with van der Waals surface area (Å²) >= 11 is 0. The van der Waals surface area contributed by atoms with Gasteiger partial charge in [-0.25, -0.2) is 9.13 Å². The van der Waals surface area contributed by atoms with E-state index >= 15 is 0 Å². The van der Waals surface area contributed by atoms with Crippen molar-refractivity contribution in [3.63, 3.8) is 0 Å². The van der Waals surface area contributed by atoms with Crippen LogP contribution < -0.4 is 0 Å². The maximum absolute atomic E-state index is 9.63. The predicted molar refractivity (Wildman–Crippen MR) is 43.1 cm³/mol. The van der Waals surface area contributed by atoms with Crippen LogP contribution in [0.4, 0.5) is 0 Å². The molecule has 0 aromatic heterocycles. The first kappa shape index (κ1) is 18.4. The average molecular weight is 234 g/mol. The van der Waals surface area contributed by atoms with Gasteiger partial charge in [-0.3, -0.25) is 0 Å². The zero-order valence-corrected chi connectivity index (χ0v) is 7.82. The molecule has 0 atom stereocenters. The Morgan fingerprint density at radius 3 is 1.18 bits per heavy atom. The van der Waals surface area contributed by atoms with E-state index in [-0.39, 0.29) is 43.3 Å². The standard InChI is InChI=1S/Al.Mg.H4O7P2.5H/c;;1-8(2,3)7-9(4,5)6;;;;;/h;;(H2,1,2,3)(H2,4,5,6);;;;;/q;+2;;;;;2*-1. The topological polar surface area (TPSA) is 124 Å². The van der Waals surface area contributed by atoms with Crippen molar-refractivity contribution in [2.24, 2.45) is 0 Å². The predicted octanol–water partition coefficient (Wildman–Crippen LogP) is -2.15. The second-order valence-electron chi connectivity index (χ2n) is 1.06.